The Bertz CT molecular complexity index is 863. The minimum Gasteiger partial charge on any atom is -0.479 e. The maximum atomic E-state index is 12.7. The van der Waals surface area contributed by atoms with Crippen LogP contribution in [0.15, 0.2) is 28.6 Å². The van der Waals surface area contributed by atoms with Crippen LogP contribution >= 0.6 is 23.1 Å². The monoisotopic (exact) mass is 420 g/mol. The molecule has 2 aromatic rings. The Morgan fingerprint density at radius 3 is 2.75 bits per heavy atom. The average Bonchev–Trinajstić information content (AvgIpc) is 3.12. The van der Waals surface area contributed by atoms with Crippen LogP contribution in [0.4, 0.5) is 5.13 Å². The zero-order valence-electron chi connectivity index (χ0n) is 15.7. The first-order chi connectivity index (χ1) is 13.4. The molecule has 0 aliphatic carbocycles. The number of para-hydroxylation sites is 1. The van der Waals surface area contributed by atoms with Crippen molar-refractivity contribution in [3.8, 4) is 11.8 Å². The van der Waals surface area contributed by atoms with Gasteiger partial charge in [0.2, 0.25) is 5.13 Å². The number of carbonyl (C=O) groups excluding carboxylic acids is 2. The lowest BCUT2D eigenvalue weighted by Crippen LogP contribution is -2.37. The number of benzene rings is 1. The van der Waals surface area contributed by atoms with Gasteiger partial charge in [-0.25, -0.2) is 0 Å². The SMILES string of the molecule is CCOC(=O)CSc1nnc(NC(=O)C(Oc2ccccc2C#N)C(C)C)s1. The molecule has 1 amide bonds. The highest BCUT2D eigenvalue weighted by molar-refractivity contribution is 8.01. The number of ether oxygens (including phenoxy) is 2. The van der Waals surface area contributed by atoms with Gasteiger partial charge in [0, 0.05) is 0 Å². The molecule has 0 radical (unpaired) electrons. The van der Waals surface area contributed by atoms with E-state index in [1.165, 1.54) is 11.8 Å². The van der Waals surface area contributed by atoms with Crippen molar-refractivity contribution in [2.75, 3.05) is 17.7 Å². The summed E-state index contributed by atoms with van der Waals surface area (Å²) in [6.45, 7) is 5.76. The Labute approximate surface area is 171 Å². The fourth-order valence-corrected chi connectivity index (χ4v) is 3.66. The quantitative estimate of drug-likeness (QED) is 0.374. The molecule has 0 aliphatic heterocycles. The van der Waals surface area contributed by atoms with E-state index in [1.807, 2.05) is 19.9 Å². The van der Waals surface area contributed by atoms with E-state index < -0.39 is 6.10 Å². The molecule has 0 aliphatic rings. The number of rotatable bonds is 9. The smallest absolute Gasteiger partial charge is 0.316 e. The molecule has 28 heavy (non-hydrogen) atoms. The number of hydrogen-bond acceptors (Lipinski definition) is 9. The fourth-order valence-electron chi connectivity index (χ4n) is 2.11. The molecule has 0 fully saturated rings. The number of thioether (sulfide) groups is 1. The molecule has 0 saturated heterocycles. The van der Waals surface area contributed by atoms with Crippen molar-refractivity contribution < 1.29 is 19.1 Å². The third kappa shape index (κ3) is 6.21. The van der Waals surface area contributed by atoms with E-state index >= 15 is 0 Å². The second-order valence-corrected chi connectivity index (χ2v) is 8.05. The summed E-state index contributed by atoms with van der Waals surface area (Å²) in [6.07, 6.45) is -0.811. The van der Waals surface area contributed by atoms with E-state index in [-0.39, 0.29) is 23.5 Å². The largest absolute Gasteiger partial charge is 0.479 e. The van der Waals surface area contributed by atoms with Crippen molar-refractivity contribution in [3.63, 3.8) is 0 Å². The lowest BCUT2D eigenvalue weighted by Gasteiger charge is -2.21. The lowest BCUT2D eigenvalue weighted by atomic mass is 10.1. The maximum Gasteiger partial charge on any atom is 0.316 e. The van der Waals surface area contributed by atoms with Gasteiger partial charge in [-0.2, -0.15) is 5.26 Å². The Hall–Kier alpha value is -2.64. The molecule has 1 atom stereocenters. The van der Waals surface area contributed by atoms with E-state index in [2.05, 4.69) is 15.5 Å². The summed E-state index contributed by atoms with van der Waals surface area (Å²) in [4.78, 5) is 24.1. The van der Waals surface area contributed by atoms with Crippen molar-refractivity contribution in [1.82, 2.24) is 10.2 Å². The second kappa shape index (κ2) is 10.6. The molecule has 1 heterocycles. The molecule has 148 valence electrons. The van der Waals surface area contributed by atoms with Gasteiger partial charge in [-0.1, -0.05) is 49.1 Å². The van der Waals surface area contributed by atoms with Gasteiger partial charge in [-0.3, -0.25) is 14.9 Å². The summed E-state index contributed by atoms with van der Waals surface area (Å²) in [5.74, 6) is -0.392. The molecule has 1 aromatic heterocycles. The Balaban J connectivity index is 2.01. The van der Waals surface area contributed by atoms with Crippen LogP contribution in [0, 0.1) is 17.2 Å². The van der Waals surface area contributed by atoms with Crippen molar-refractivity contribution in [1.29, 1.82) is 5.26 Å². The maximum absolute atomic E-state index is 12.7. The lowest BCUT2D eigenvalue weighted by molar-refractivity contribution is -0.139. The third-order valence-corrected chi connectivity index (χ3v) is 5.33. The third-order valence-electron chi connectivity index (χ3n) is 3.38. The van der Waals surface area contributed by atoms with Gasteiger partial charge < -0.3 is 9.47 Å². The van der Waals surface area contributed by atoms with E-state index in [0.29, 0.717) is 27.4 Å². The highest BCUT2D eigenvalue weighted by atomic mass is 32.2. The first-order valence-electron chi connectivity index (χ1n) is 8.53. The van der Waals surface area contributed by atoms with Crippen molar-refractivity contribution in [2.45, 2.75) is 31.2 Å². The molecule has 1 aromatic carbocycles. The van der Waals surface area contributed by atoms with Gasteiger partial charge in [-0.15, -0.1) is 10.2 Å². The molecule has 0 spiro atoms. The molecule has 2 rings (SSSR count). The number of nitrogens with one attached hydrogen (secondary N) is 1. The van der Waals surface area contributed by atoms with Gasteiger partial charge in [0.15, 0.2) is 10.4 Å². The molecule has 0 bridgehead atoms. The predicted molar refractivity (Wildman–Crippen MR) is 106 cm³/mol. The van der Waals surface area contributed by atoms with Gasteiger partial charge in [0.05, 0.1) is 17.9 Å². The van der Waals surface area contributed by atoms with Crippen molar-refractivity contribution in [3.05, 3.63) is 29.8 Å². The zero-order valence-corrected chi connectivity index (χ0v) is 17.3. The first-order valence-corrected chi connectivity index (χ1v) is 10.3. The van der Waals surface area contributed by atoms with E-state index in [1.54, 1.807) is 31.2 Å². The van der Waals surface area contributed by atoms with E-state index in [4.69, 9.17) is 9.47 Å². The summed E-state index contributed by atoms with van der Waals surface area (Å²) in [7, 11) is 0. The zero-order chi connectivity index (χ0) is 20.5. The van der Waals surface area contributed by atoms with Crippen LogP contribution < -0.4 is 10.1 Å². The summed E-state index contributed by atoms with van der Waals surface area (Å²) >= 11 is 2.35. The Kier molecular flexibility index (Phi) is 8.22. The summed E-state index contributed by atoms with van der Waals surface area (Å²) in [6, 6.07) is 8.79. The summed E-state index contributed by atoms with van der Waals surface area (Å²) < 4.78 is 11.2. The average molecular weight is 421 g/mol. The number of esters is 1. The summed E-state index contributed by atoms with van der Waals surface area (Å²) in [5.41, 5.74) is 0.356. The molecule has 0 saturated carbocycles. The summed E-state index contributed by atoms with van der Waals surface area (Å²) in [5, 5.41) is 20.0. The fraction of sp³-hybridized carbons (Fsp3) is 0.389. The number of amides is 1. The van der Waals surface area contributed by atoms with E-state index in [9.17, 15) is 14.9 Å². The first kappa shape index (κ1) is 21.7. The van der Waals surface area contributed by atoms with Crippen LogP contribution in [0.2, 0.25) is 0 Å². The van der Waals surface area contributed by atoms with Crippen LogP contribution in [0.25, 0.3) is 0 Å². The van der Waals surface area contributed by atoms with Gasteiger partial charge in [0.25, 0.3) is 5.91 Å². The van der Waals surface area contributed by atoms with Crippen LogP contribution in [0.5, 0.6) is 5.75 Å². The minimum atomic E-state index is -0.811. The standard InChI is InChI=1S/C18H20N4O4S2/c1-4-25-14(23)10-27-18-22-21-17(28-18)20-16(24)15(11(2)3)26-13-8-6-5-7-12(13)9-19/h5-8,11,15H,4,10H2,1-3H3,(H,20,21,24). The Morgan fingerprint density at radius 1 is 1.32 bits per heavy atom. The molecular formula is C18H20N4O4S2. The highest BCUT2D eigenvalue weighted by Gasteiger charge is 2.26. The Morgan fingerprint density at radius 2 is 2.07 bits per heavy atom. The number of nitriles is 1. The molecule has 8 nitrogen and oxygen atoms in total. The van der Waals surface area contributed by atoms with Crippen LogP contribution in [0.1, 0.15) is 26.3 Å². The number of aromatic nitrogens is 2. The van der Waals surface area contributed by atoms with E-state index in [0.717, 1.165) is 11.3 Å². The number of hydrogen-bond donors (Lipinski definition) is 1. The molecule has 1 unspecified atom stereocenters. The van der Waals surface area contributed by atoms with Gasteiger partial charge in [0.1, 0.15) is 11.8 Å². The van der Waals surface area contributed by atoms with Gasteiger partial charge >= 0.3 is 5.97 Å². The number of anilines is 1. The molecular weight excluding hydrogens is 400 g/mol. The predicted octanol–water partition coefficient (Wildman–Crippen LogP) is 3.11. The topological polar surface area (TPSA) is 114 Å². The van der Waals surface area contributed by atoms with Crippen LogP contribution in [0.3, 0.4) is 0 Å². The normalized spacial score (nSPS) is 11.5. The molecule has 10 heteroatoms. The van der Waals surface area contributed by atoms with Crippen LogP contribution in [-0.2, 0) is 14.3 Å². The highest BCUT2D eigenvalue weighted by Crippen LogP contribution is 2.26. The van der Waals surface area contributed by atoms with Crippen molar-refractivity contribution >= 4 is 40.1 Å². The van der Waals surface area contributed by atoms with Crippen molar-refractivity contribution in [2.24, 2.45) is 5.92 Å². The van der Waals surface area contributed by atoms with Gasteiger partial charge in [-0.05, 0) is 25.0 Å². The minimum absolute atomic E-state index is 0.124. The molecule has 1 N–H and O–H groups in total. The van der Waals surface area contributed by atoms with Crippen LogP contribution in [-0.4, -0.2) is 40.5 Å². The second-order valence-electron chi connectivity index (χ2n) is 5.85. The number of carbonyl (C=O) groups is 2. The number of nitrogens with zero attached hydrogens (tertiary/aromatic N) is 3.